The van der Waals surface area contributed by atoms with Crippen molar-refractivity contribution in [1.29, 1.82) is 0 Å². The van der Waals surface area contributed by atoms with Gasteiger partial charge in [0.1, 0.15) is 5.82 Å². The number of ether oxygens (including phenoxy) is 4. The van der Waals surface area contributed by atoms with Gasteiger partial charge in [0, 0.05) is 27.9 Å². The highest BCUT2D eigenvalue weighted by molar-refractivity contribution is 5.92. The van der Waals surface area contributed by atoms with E-state index < -0.39 is 29.7 Å². The molecule has 0 bridgehead atoms. The van der Waals surface area contributed by atoms with Crippen molar-refractivity contribution in [1.82, 2.24) is 0 Å². The van der Waals surface area contributed by atoms with E-state index >= 15 is 4.39 Å². The minimum absolute atomic E-state index is 0.0345. The average molecular weight is 585 g/mol. The van der Waals surface area contributed by atoms with Gasteiger partial charge in [-0.15, -0.1) is 0 Å². The predicted octanol–water partition coefficient (Wildman–Crippen LogP) is 7.09. The van der Waals surface area contributed by atoms with Gasteiger partial charge in [-0.1, -0.05) is 50.6 Å². The predicted molar refractivity (Wildman–Crippen MR) is 159 cm³/mol. The molecule has 3 aromatic rings. The first-order valence-corrected chi connectivity index (χ1v) is 12.8. The molecule has 3 rings (SSSR count). The lowest BCUT2D eigenvalue weighted by molar-refractivity contribution is -0.132. The van der Waals surface area contributed by atoms with Crippen molar-refractivity contribution >= 4 is 23.9 Å². The molecule has 0 atom stereocenters. The third-order valence-electron chi connectivity index (χ3n) is 5.71. The normalized spacial score (nSPS) is 10.3. The Hall–Kier alpha value is -5.57. The fourth-order valence-electron chi connectivity index (χ4n) is 3.37. The summed E-state index contributed by atoms with van der Waals surface area (Å²) in [7, 11) is 0. The molecule has 8 nitrogen and oxygen atoms in total. The second-order valence-corrected chi connectivity index (χ2v) is 9.70. The molecular formula is C34H29FO8. The largest absolute Gasteiger partial charge is 0.419 e. The maximum Gasteiger partial charge on any atom is 0.338 e. The number of benzene rings is 3. The highest BCUT2D eigenvalue weighted by Crippen LogP contribution is 2.38. The summed E-state index contributed by atoms with van der Waals surface area (Å²) < 4.78 is 36.8. The SMILES string of the molecule is C=C(C)C(=O)Oc1ccc(-c2ccc(-c3ccc(OC(=O)C(=C)C)c(OC(=O)C(=C)C)c3)c(F)c2)cc1OC(=O)C(=C)C. The van der Waals surface area contributed by atoms with Crippen LogP contribution in [0, 0.1) is 5.82 Å². The fraction of sp³-hybridized carbons (Fsp3) is 0.118. The zero-order valence-corrected chi connectivity index (χ0v) is 24.2. The van der Waals surface area contributed by atoms with Gasteiger partial charge in [0.25, 0.3) is 0 Å². The first-order valence-electron chi connectivity index (χ1n) is 12.8. The summed E-state index contributed by atoms with van der Waals surface area (Å²) in [5.41, 5.74) is 1.81. The number of rotatable bonds is 10. The van der Waals surface area contributed by atoms with Crippen LogP contribution < -0.4 is 18.9 Å². The average Bonchev–Trinajstić information content (AvgIpc) is 2.94. The van der Waals surface area contributed by atoms with Crippen molar-refractivity contribution in [2.75, 3.05) is 0 Å². The van der Waals surface area contributed by atoms with Crippen LogP contribution in [0.2, 0.25) is 0 Å². The van der Waals surface area contributed by atoms with E-state index in [-0.39, 0.29) is 50.9 Å². The number of carbonyl (C=O) groups excluding carboxylic acids is 4. The number of halogens is 1. The van der Waals surface area contributed by atoms with Crippen LogP contribution in [0.25, 0.3) is 22.3 Å². The Morgan fingerprint density at radius 2 is 0.814 bits per heavy atom. The van der Waals surface area contributed by atoms with Gasteiger partial charge < -0.3 is 18.9 Å². The lowest BCUT2D eigenvalue weighted by Gasteiger charge is -2.14. The molecule has 0 aromatic heterocycles. The van der Waals surface area contributed by atoms with Crippen LogP contribution in [-0.4, -0.2) is 23.9 Å². The summed E-state index contributed by atoms with van der Waals surface area (Å²) in [6.07, 6.45) is 0. The van der Waals surface area contributed by atoms with Crippen LogP contribution in [0.4, 0.5) is 4.39 Å². The lowest BCUT2D eigenvalue weighted by atomic mass is 9.99. The molecule has 0 fully saturated rings. The molecule has 0 heterocycles. The highest BCUT2D eigenvalue weighted by atomic mass is 19.1. The molecule has 0 saturated carbocycles. The van der Waals surface area contributed by atoms with Crippen LogP contribution in [0.1, 0.15) is 27.7 Å². The summed E-state index contributed by atoms with van der Waals surface area (Å²) >= 11 is 0. The maximum atomic E-state index is 15.5. The van der Waals surface area contributed by atoms with E-state index in [0.717, 1.165) is 0 Å². The van der Waals surface area contributed by atoms with Crippen molar-refractivity contribution in [2.24, 2.45) is 0 Å². The van der Waals surface area contributed by atoms with E-state index in [4.69, 9.17) is 18.9 Å². The van der Waals surface area contributed by atoms with Crippen molar-refractivity contribution in [3.05, 3.63) is 109 Å². The Morgan fingerprint density at radius 3 is 1.21 bits per heavy atom. The van der Waals surface area contributed by atoms with Crippen molar-refractivity contribution in [2.45, 2.75) is 27.7 Å². The zero-order valence-electron chi connectivity index (χ0n) is 24.2. The third-order valence-corrected chi connectivity index (χ3v) is 5.71. The quantitative estimate of drug-likeness (QED) is 0.141. The molecule has 0 spiro atoms. The summed E-state index contributed by atoms with van der Waals surface area (Å²) in [5.74, 6) is -3.89. The van der Waals surface area contributed by atoms with E-state index in [1.807, 2.05) is 0 Å². The second-order valence-electron chi connectivity index (χ2n) is 9.70. The van der Waals surface area contributed by atoms with E-state index in [9.17, 15) is 19.2 Å². The van der Waals surface area contributed by atoms with Gasteiger partial charge >= 0.3 is 23.9 Å². The standard InChI is InChI=1S/C34H29FO8/c1-18(2)31(36)40-27-13-10-23(16-29(27)42-33(38)20(5)6)22-9-12-25(26(35)15-22)24-11-14-28(41-32(37)19(3)4)30(17-24)43-34(39)21(7)8/h9-17H,1,3,5,7H2,2,4,6,8H3. The zero-order chi connectivity index (χ0) is 32.0. The van der Waals surface area contributed by atoms with E-state index in [0.29, 0.717) is 16.7 Å². The van der Waals surface area contributed by atoms with E-state index in [1.165, 1.54) is 70.2 Å². The van der Waals surface area contributed by atoms with Gasteiger partial charge in [0.15, 0.2) is 23.0 Å². The second kappa shape index (κ2) is 13.4. The van der Waals surface area contributed by atoms with Gasteiger partial charge in [0.05, 0.1) is 0 Å². The van der Waals surface area contributed by atoms with Gasteiger partial charge in [-0.25, -0.2) is 23.6 Å². The fourth-order valence-corrected chi connectivity index (χ4v) is 3.37. The van der Waals surface area contributed by atoms with Gasteiger partial charge in [0.2, 0.25) is 0 Å². The number of hydrogen-bond donors (Lipinski definition) is 0. The molecule has 3 aromatic carbocycles. The molecule has 0 aliphatic rings. The first-order chi connectivity index (χ1) is 20.2. The summed E-state index contributed by atoms with van der Waals surface area (Å²) in [6.45, 7) is 20.0. The topological polar surface area (TPSA) is 105 Å². The van der Waals surface area contributed by atoms with Gasteiger partial charge in [-0.3, -0.25) is 0 Å². The van der Waals surface area contributed by atoms with Crippen LogP contribution >= 0.6 is 0 Å². The van der Waals surface area contributed by atoms with Crippen LogP contribution in [0.5, 0.6) is 23.0 Å². The molecular weight excluding hydrogens is 555 g/mol. The molecule has 0 N–H and O–H groups in total. The van der Waals surface area contributed by atoms with Crippen molar-refractivity contribution in [3.8, 4) is 45.3 Å². The van der Waals surface area contributed by atoms with Gasteiger partial charge in [-0.2, -0.15) is 0 Å². The molecule has 0 aliphatic carbocycles. The van der Waals surface area contributed by atoms with Crippen LogP contribution in [-0.2, 0) is 19.2 Å². The Bertz CT molecular complexity index is 1710. The van der Waals surface area contributed by atoms with Gasteiger partial charge in [-0.05, 0) is 74.7 Å². The molecule has 0 unspecified atom stereocenters. The molecule has 43 heavy (non-hydrogen) atoms. The Morgan fingerprint density at radius 1 is 0.488 bits per heavy atom. The first kappa shape index (κ1) is 32.0. The smallest absolute Gasteiger partial charge is 0.338 e. The maximum absolute atomic E-state index is 15.5. The third kappa shape index (κ3) is 8.01. The summed E-state index contributed by atoms with van der Waals surface area (Å²) in [5, 5.41) is 0. The Balaban J connectivity index is 2.03. The summed E-state index contributed by atoms with van der Waals surface area (Å²) in [6, 6.07) is 13.0. The van der Waals surface area contributed by atoms with Crippen LogP contribution in [0.15, 0.2) is 103 Å². The van der Waals surface area contributed by atoms with Crippen LogP contribution in [0.3, 0.4) is 0 Å². The minimum atomic E-state index is -0.763. The molecule has 0 amide bonds. The number of carbonyl (C=O) groups is 4. The Kier molecular flexibility index (Phi) is 9.95. The molecule has 9 heteroatoms. The molecule has 0 saturated heterocycles. The molecule has 0 aliphatic heterocycles. The van der Waals surface area contributed by atoms with E-state index in [2.05, 4.69) is 26.3 Å². The monoisotopic (exact) mass is 584 g/mol. The Labute approximate surface area is 248 Å². The minimum Gasteiger partial charge on any atom is -0.419 e. The van der Waals surface area contributed by atoms with E-state index in [1.54, 1.807) is 12.1 Å². The highest BCUT2D eigenvalue weighted by Gasteiger charge is 2.19. The lowest BCUT2D eigenvalue weighted by Crippen LogP contribution is -2.13. The number of esters is 4. The summed E-state index contributed by atoms with van der Waals surface area (Å²) in [4.78, 5) is 48.6. The molecule has 0 radical (unpaired) electrons. The van der Waals surface area contributed by atoms with Crippen molar-refractivity contribution in [3.63, 3.8) is 0 Å². The molecule has 220 valence electrons. The van der Waals surface area contributed by atoms with Crippen molar-refractivity contribution < 1.29 is 42.5 Å². The number of hydrogen-bond acceptors (Lipinski definition) is 8.